The highest BCUT2D eigenvalue weighted by Crippen LogP contribution is 2.29. The number of nitrogens with one attached hydrogen (secondary N) is 2. The fourth-order valence-electron chi connectivity index (χ4n) is 1.46. The quantitative estimate of drug-likeness (QED) is 0.752. The van der Waals surface area contributed by atoms with E-state index in [-0.39, 0.29) is 6.54 Å². The molecule has 0 radical (unpaired) electrons. The summed E-state index contributed by atoms with van der Waals surface area (Å²) in [6, 6.07) is 1.99. The van der Waals surface area contributed by atoms with Crippen molar-refractivity contribution in [2.75, 3.05) is 24.2 Å². The number of rotatable bonds is 4. The molecule has 0 aliphatic heterocycles. The molecule has 0 aliphatic rings. The number of anilines is 2. The Labute approximate surface area is 102 Å². The van der Waals surface area contributed by atoms with E-state index in [0.717, 1.165) is 15.1 Å². The van der Waals surface area contributed by atoms with Crippen molar-refractivity contribution in [2.24, 2.45) is 5.73 Å². The van der Waals surface area contributed by atoms with Gasteiger partial charge in [-0.15, -0.1) is 11.3 Å². The lowest BCUT2D eigenvalue weighted by Gasteiger charge is -2.06. The van der Waals surface area contributed by atoms with E-state index in [1.807, 2.05) is 13.0 Å². The molecule has 0 saturated heterocycles. The van der Waals surface area contributed by atoms with Gasteiger partial charge in [0, 0.05) is 11.9 Å². The molecule has 0 spiro atoms. The van der Waals surface area contributed by atoms with Crippen molar-refractivity contribution in [1.82, 2.24) is 9.97 Å². The first-order valence-electron chi connectivity index (χ1n) is 5.08. The predicted molar refractivity (Wildman–Crippen MR) is 69.4 cm³/mol. The van der Waals surface area contributed by atoms with Gasteiger partial charge in [-0.2, -0.15) is 4.98 Å². The highest BCUT2D eigenvalue weighted by Gasteiger charge is 2.10. The maximum absolute atomic E-state index is 10.8. The number of hydrogen-bond acceptors (Lipinski definition) is 6. The van der Waals surface area contributed by atoms with Gasteiger partial charge in [0.05, 0.1) is 11.9 Å². The Morgan fingerprint density at radius 3 is 2.94 bits per heavy atom. The Balaban J connectivity index is 2.46. The number of nitrogens with zero attached hydrogens (tertiary/aromatic N) is 2. The molecule has 0 aliphatic carbocycles. The summed E-state index contributed by atoms with van der Waals surface area (Å²) in [7, 11) is 1.75. The lowest BCUT2D eigenvalue weighted by atomic mass is 10.3. The van der Waals surface area contributed by atoms with Crippen LogP contribution >= 0.6 is 11.3 Å². The van der Waals surface area contributed by atoms with Crippen LogP contribution in [0, 0.1) is 6.92 Å². The molecule has 7 heteroatoms. The number of fused-ring (bicyclic) bond motifs is 1. The molecule has 0 atom stereocenters. The van der Waals surface area contributed by atoms with Crippen LogP contribution in [0.15, 0.2) is 6.07 Å². The maximum atomic E-state index is 10.8. The summed E-state index contributed by atoms with van der Waals surface area (Å²) in [6.07, 6.45) is 0. The van der Waals surface area contributed by atoms with E-state index in [2.05, 4.69) is 20.6 Å². The van der Waals surface area contributed by atoms with E-state index in [0.29, 0.717) is 11.8 Å². The standard InChI is InChI=1S/C10H13N5OS/c1-5-3-6-8(13-4-7(11)16)14-10(12-2)15-9(6)17-5/h3H,4H2,1-2H3,(H2,11,16)(H2,12,13,14,15). The highest BCUT2D eigenvalue weighted by molar-refractivity contribution is 7.18. The van der Waals surface area contributed by atoms with Crippen LogP contribution in [0.5, 0.6) is 0 Å². The second kappa shape index (κ2) is 4.54. The number of hydrogen-bond donors (Lipinski definition) is 3. The molecular weight excluding hydrogens is 238 g/mol. The smallest absolute Gasteiger partial charge is 0.236 e. The molecule has 0 fully saturated rings. The summed E-state index contributed by atoms with van der Waals surface area (Å²) >= 11 is 1.58. The van der Waals surface area contributed by atoms with E-state index < -0.39 is 5.91 Å². The lowest BCUT2D eigenvalue weighted by molar-refractivity contribution is -0.116. The van der Waals surface area contributed by atoms with E-state index in [1.54, 1.807) is 18.4 Å². The van der Waals surface area contributed by atoms with Crippen LogP contribution in [-0.4, -0.2) is 29.5 Å². The molecule has 90 valence electrons. The molecule has 4 N–H and O–H groups in total. The third-order valence-corrected chi connectivity index (χ3v) is 3.11. The Hall–Kier alpha value is -1.89. The molecule has 2 rings (SSSR count). The van der Waals surface area contributed by atoms with Gasteiger partial charge in [0.15, 0.2) is 0 Å². The summed E-state index contributed by atoms with van der Waals surface area (Å²) in [6.45, 7) is 2.06. The minimum Gasteiger partial charge on any atom is -0.368 e. The fraction of sp³-hybridized carbons (Fsp3) is 0.300. The number of thiophene rings is 1. The van der Waals surface area contributed by atoms with Crippen molar-refractivity contribution in [3.05, 3.63) is 10.9 Å². The minimum atomic E-state index is -0.422. The predicted octanol–water partition coefficient (Wildman–Crippen LogP) is 0.939. The van der Waals surface area contributed by atoms with Crippen LogP contribution in [0.2, 0.25) is 0 Å². The Bertz CT molecular complexity index is 565. The van der Waals surface area contributed by atoms with Crippen molar-refractivity contribution >= 4 is 39.2 Å². The van der Waals surface area contributed by atoms with Gasteiger partial charge in [-0.1, -0.05) is 0 Å². The molecule has 1 amide bonds. The van der Waals surface area contributed by atoms with Crippen molar-refractivity contribution in [3.63, 3.8) is 0 Å². The molecule has 17 heavy (non-hydrogen) atoms. The average molecular weight is 251 g/mol. The van der Waals surface area contributed by atoms with Crippen molar-refractivity contribution in [1.29, 1.82) is 0 Å². The summed E-state index contributed by atoms with van der Waals surface area (Å²) < 4.78 is 0. The number of aryl methyl sites for hydroxylation is 1. The van der Waals surface area contributed by atoms with Crippen LogP contribution in [0.4, 0.5) is 11.8 Å². The topological polar surface area (TPSA) is 92.9 Å². The Morgan fingerprint density at radius 1 is 1.53 bits per heavy atom. The monoisotopic (exact) mass is 251 g/mol. The molecule has 0 aromatic carbocycles. The maximum Gasteiger partial charge on any atom is 0.236 e. The number of nitrogens with two attached hydrogens (primary N) is 1. The van der Waals surface area contributed by atoms with E-state index in [9.17, 15) is 4.79 Å². The first-order chi connectivity index (χ1) is 8.10. The van der Waals surface area contributed by atoms with Gasteiger partial charge in [0.1, 0.15) is 10.6 Å². The Kier molecular flexibility index (Phi) is 3.10. The fourth-order valence-corrected chi connectivity index (χ4v) is 2.34. The van der Waals surface area contributed by atoms with Crippen LogP contribution in [-0.2, 0) is 4.79 Å². The number of aromatic nitrogens is 2. The van der Waals surface area contributed by atoms with E-state index in [1.165, 1.54) is 0 Å². The van der Waals surface area contributed by atoms with E-state index in [4.69, 9.17) is 5.73 Å². The van der Waals surface area contributed by atoms with Gasteiger partial charge in [-0.25, -0.2) is 4.98 Å². The minimum absolute atomic E-state index is 0.0597. The number of carbonyl (C=O) groups is 1. The zero-order chi connectivity index (χ0) is 12.4. The largest absolute Gasteiger partial charge is 0.368 e. The van der Waals surface area contributed by atoms with Crippen LogP contribution in [0.3, 0.4) is 0 Å². The van der Waals surface area contributed by atoms with Crippen LogP contribution in [0.25, 0.3) is 10.2 Å². The van der Waals surface area contributed by atoms with E-state index >= 15 is 0 Å². The number of amides is 1. The van der Waals surface area contributed by atoms with Gasteiger partial charge < -0.3 is 16.4 Å². The Morgan fingerprint density at radius 2 is 2.29 bits per heavy atom. The highest BCUT2D eigenvalue weighted by atomic mass is 32.1. The van der Waals surface area contributed by atoms with Gasteiger partial charge in [0.25, 0.3) is 0 Å². The molecule has 0 unspecified atom stereocenters. The molecule has 2 heterocycles. The molecule has 6 nitrogen and oxygen atoms in total. The summed E-state index contributed by atoms with van der Waals surface area (Å²) in [4.78, 5) is 21.4. The van der Waals surface area contributed by atoms with Crippen molar-refractivity contribution in [3.8, 4) is 0 Å². The molecular formula is C10H13N5OS. The van der Waals surface area contributed by atoms with Gasteiger partial charge in [-0.05, 0) is 13.0 Å². The molecule has 2 aromatic heterocycles. The third-order valence-electron chi connectivity index (χ3n) is 2.17. The molecule has 2 aromatic rings. The SMILES string of the molecule is CNc1nc(NCC(N)=O)c2cc(C)sc2n1. The third kappa shape index (κ3) is 2.44. The van der Waals surface area contributed by atoms with Crippen molar-refractivity contribution < 1.29 is 4.79 Å². The van der Waals surface area contributed by atoms with Crippen LogP contribution < -0.4 is 16.4 Å². The van der Waals surface area contributed by atoms with Gasteiger partial charge in [-0.3, -0.25) is 4.79 Å². The summed E-state index contributed by atoms with van der Waals surface area (Å²) in [5.41, 5.74) is 5.10. The summed E-state index contributed by atoms with van der Waals surface area (Å²) in [5, 5.41) is 6.71. The first-order valence-corrected chi connectivity index (χ1v) is 5.90. The van der Waals surface area contributed by atoms with Gasteiger partial charge in [0.2, 0.25) is 11.9 Å². The zero-order valence-corrected chi connectivity index (χ0v) is 10.4. The summed E-state index contributed by atoms with van der Waals surface area (Å²) in [5.74, 6) is 0.726. The van der Waals surface area contributed by atoms with Gasteiger partial charge >= 0.3 is 0 Å². The molecule has 0 bridgehead atoms. The molecule has 0 saturated carbocycles. The lowest BCUT2D eigenvalue weighted by Crippen LogP contribution is -2.22. The average Bonchev–Trinajstić information content (AvgIpc) is 2.65. The van der Waals surface area contributed by atoms with Crippen LogP contribution in [0.1, 0.15) is 4.88 Å². The number of carbonyl (C=O) groups excluding carboxylic acids is 1. The second-order valence-electron chi connectivity index (χ2n) is 3.54. The van der Waals surface area contributed by atoms with Crippen molar-refractivity contribution in [2.45, 2.75) is 6.92 Å². The second-order valence-corrected chi connectivity index (χ2v) is 4.78. The first kappa shape index (κ1) is 11.6. The zero-order valence-electron chi connectivity index (χ0n) is 9.57. The normalized spacial score (nSPS) is 10.5. The number of primary amides is 1.